The smallest absolute Gasteiger partial charge is 0.410 e. The number of nitrogens with zero attached hydrogens (tertiary/aromatic N) is 3. The van der Waals surface area contributed by atoms with E-state index in [-0.39, 0.29) is 44.9 Å². The van der Waals surface area contributed by atoms with Crippen molar-refractivity contribution in [2.45, 2.75) is 51.1 Å². The van der Waals surface area contributed by atoms with Crippen molar-refractivity contribution in [2.75, 3.05) is 32.9 Å². The molecule has 14 heteroatoms. The molecule has 1 heterocycles. The molecule has 1 unspecified atom stereocenters. The van der Waals surface area contributed by atoms with Gasteiger partial charge in [-0.3, -0.25) is 4.79 Å². The van der Waals surface area contributed by atoms with E-state index in [1.807, 2.05) is 53.4 Å². The zero-order chi connectivity index (χ0) is 35.6. The summed E-state index contributed by atoms with van der Waals surface area (Å²) in [5.41, 5.74) is 3.32. The zero-order valence-electron chi connectivity index (χ0n) is 27.2. The van der Waals surface area contributed by atoms with E-state index < -0.39 is 40.3 Å². The van der Waals surface area contributed by atoms with Gasteiger partial charge in [0.1, 0.15) is 0 Å². The molecule has 1 aliphatic carbocycles. The van der Waals surface area contributed by atoms with Crippen molar-refractivity contribution >= 4 is 29.2 Å². The Balaban J connectivity index is 1.27. The minimum absolute atomic E-state index is 0.0260. The first-order chi connectivity index (χ1) is 24.1. The summed E-state index contributed by atoms with van der Waals surface area (Å²) in [6.45, 7) is 0.552. The molecule has 1 saturated carbocycles. The quantitative estimate of drug-likeness (QED) is 0.0658. The molecular formula is C36H37ClF3N3O7. The highest BCUT2D eigenvalue weighted by Gasteiger charge is 2.40. The molecule has 0 spiro atoms. The number of rotatable bonds is 16. The Morgan fingerprint density at radius 1 is 0.940 bits per heavy atom. The molecule has 5 rings (SSSR count). The van der Waals surface area contributed by atoms with E-state index in [1.54, 1.807) is 6.07 Å². The number of benzene rings is 3. The molecule has 3 aromatic carbocycles. The summed E-state index contributed by atoms with van der Waals surface area (Å²) in [5, 5.41) is 10.0. The van der Waals surface area contributed by atoms with Gasteiger partial charge in [0, 0.05) is 30.7 Å². The first-order valence-corrected chi connectivity index (χ1v) is 16.8. The van der Waals surface area contributed by atoms with Crippen molar-refractivity contribution in [2.24, 2.45) is 5.92 Å². The summed E-state index contributed by atoms with van der Waals surface area (Å²) < 4.78 is 51.9. The molecule has 0 saturated heterocycles. The molecule has 0 bridgehead atoms. The molecular weight excluding hydrogens is 679 g/mol. The predicted octanol–water partition coefficient (Wildman–Crippen LogP) is 7.40. The average molecular weight is 716 g/mol. The molecule has 1 aliphatic heterocycles. The lowest BCUT2D eigenvalue weighted by Gasteiger charge is -2.35. The summed E-state index contributed by atoms with van der Waals surface area (Å²) in [5.74, 6) is -5.09. The Hall–Kier alpha value is -4.78. The van der Waals surface area contributed by atoms with Crippen molar-refractivity contribution in [1.82, 2.24) is 9.80 Å². The molecule has 1 fully saturated rings. The average Bonchev–Trinajstić information content (AvgIpc) is 3.96. The summed E-state index contributed by atoms with van der Waals surface area (Å²) in [6.07, 6.45) is 4.64. The second-order valence-electron chi connectivity index (χ2n) is 12.1. The van der Waals surface area contributed by atoms with Gasteiger partial charge in [-0.2, -0.15) is 4.39 Å². The summed E-state index contributed by atoms with van der Waals surface area (Å²) in [4.78, 5) is 45.3. The first kappa shape index (κ1) is 36.5. The van der Waals surface area contributed by atoms with Crippen molar-refractivity contribution in [1.29, 1.82) is 0 Å². The highest BCUT2D eigenvalue weighted by Crippen LogP contribution is 2.36. The minimum Gasteiger partial charge on any atom is -0.488 e. The van der Waals surface area contributed by atoms with E-state index in [9.17, 15) is 32.9 Å². The van der Waals surface area contributed by atoms with Gasteiger partial charge < -0.3 is 24.1 Å². The molecule has 2 aliphatic rings. The topological polar surface area (TPSA) is 111 Å². The van der Waals surface area contributed by atoms with Gasteiger partial charge in [0.25, 0.3) is 5.09 Å². The molecule has 10 nitrogen and oxygen atoms in total. The number of hydrogen-bond acceptors (Lipinski definition) is 7. The highest BCUT2D eigenvalue weighted by atomic mass is 35.5. The van der Waals surface area contributed by atoms with Crippen LogP contribution in [-0.2, 0) is 27.3 Å². The van der Waals surface area contributed by atoms with E-state index >= 15 is 0 Å². The van der Waals surface area contributed by atoms with Crippen LogP contribution < -0.4 is 4.74 Å². The molecule has 266 valence electrons. The fourth-order valence-electron chi connectivity index (χ4n) is 5.76. The maximum absolute atomic E-state index is 14.4. The lowest BCUT2D eigenvalue weighted by Crippen LogP contribution is -2.47. The second-order valence-corrected chi connectivity index (χ2v) is 12.5. The monoisotopic (exact) mass is 715 g/mol. The molecule has 1 atom stereocenters. The van der Waals surface area contributed by atoms with Crippen LogP contribution in [0.1, 0.15) is 48.8 Å². The highest BCUT2D eigenvalue weighted by molar-refractivity contribution is 6.31. The van der Waals surface area contributed by atoms with Gasteiger partial charge in [-0.25, -0.2) is 13.6 Å². The van der Waals surface area contributed by atoms with E-state index in [0.29, 0.717) is 43.3 Å². The number of aryl methyl sites for hydroxylation is 1. The zero-order valence-corrected chi connectivity index (χ0v) is 28.0. The van der Waals surface area contributed by atoms with Crippen LogP contribution in [0.4, 0.5) is 18.0 Å². The Morgan fingerprint density at radius 2 is 1.66 bits per heavy atom. The lowest BCUT2D eigenvalue weighted by atomic mass is 9.87. The van der Waals surface area contributed by atoms with Crippen molar-refractivity contribution in [3.8, 4) is 5.75 Å². The number of unbranched alkanes of at least 4 members (excludes halogenated alkanes) is 1. The van der Waals surface area contributed by atoms with Gasteiger partial charge in [-0.05, 0) is 79.0 Å². The number of ether oxygens (including phenoxy) is 2. The number of carbonyl (C=O) groups excluding carboxylic acids is 2. The number of hydrogen-bond donors (Lipinski definition) is 0. The Labute approximate surface area is 292 Å². The third-order valence-corrected chi connectivity index (χ3v) is 8.91. The Morgan fingerprint density at radius 3 is 2.38 bits per heavy atom. The Bertz CT molecular complexity index is 1700. The second kappa shape index (κ2) is 17.2. The van der Waals surface area contributed by atoms with Crippen molar-refractivity contribution in [3.05, 3.63) is 116 Å². The molecule has 2 amide bonds. The Kier molecular flexibility index (Phi) is 12.6. The first-order valence-electron chi connectivity index (χ1n) is 16.4. The molecule has 50 heavy (non-hydrogen) atoms. The molecule has 3 aromatic rings. The number of amides is 2. The third kappa shape index (κ3) is 9.68. The van der Waals surface area contributed by atoms with Crippen LogP contribution in [0.2, 0.25) is 5.02 Å². The maximum atomic E-state index is 14.4. The van der Waals surface area contributed by atoms with Crippen LogP contribution in [0.5, 0.6) is 5.75 Å². The van der Waals surface area contributed by atoms with Crippen LogP contribution in [0.3, 0.4) is 0 Å². The van der Waals surface area contributed by atoms with E-state index in [2.05, 4.69) is 4.84 Å². The lowest BCUT2D eigenvalue weighted by molar-refractivity contribution is -0.757. The van der Waals surface area contributed by atoms with Gasteiger partial charge in [-0.15, -0.1) is 10.1 Å². The molecule has 0 N–H and O–H groups in total. The van der Waals surface area contributed by atoms with Gasteiger partial charge in [0.2, 0.25) is 11.7 Å². The minimum atomic E-state index is -1.36. The molecule has 0 radical (unpaired) electrons. The number of carbonyl (C=O) groups is 2. The fraction of sp³-hybridized carbons (Fsp3) is 0.389. The van der Waals surface area contributed by atoms with Gasteiger partial charge in [0.15, 0.2) is 17.4 Å². The van der Waals surface area contributed by atoms with Gasteiger partial charge in [0.05, 0.1) is 25.7 Å². The maximum Gasteiger partial charge on any atom is 0.410 e. The summed E-state index contributed by atoms with van der Waals surface area (Å²) >= 11 is 6.46. The van der Waals surface area contributed by atoms with Crippen LogP contribution >= 0.6 is 11.6 Å². The van der Waals surface area contributed by atoms with Crippen LogP contribution in [0.25, 0.3) is 5.57 Å². The SMILES string of the molecule is O=C(OCCCCO[N+](=O)[O-])N1CC=C(c2ccc(CCCOc3c(F)ccc(F)c3F)cc2)C(C(=O)N(Cc2ccccc2Cl)C2CC2)C1. The third-order valence-electron chi connectivity index (χ3n) is 8.54. The van der Waals surface area contributed by atoms with Crippen molar-refractivity contribution in [3.63, 3.8) is 0 Å². The molecule has 0 aromatic heterocycles. The fourth-order valence-corrected chi connectivity index (χ4v) is 5.95. The largest absolute Gasteiger partial charge is 0.488 e. The summed E-state index contributed by atoms with van der Waals surface area (Å²) in [6, 6.07) is 16.5. The predicted molar refractivity (Wildman–Crippen MR) is 178 cm³/mol. The van der Waals surface area contributed by atoms with E-state index in [4.69, 9.17) is 21.1 Å². The van der Waals surface area contributed by atoms with Crippen molar-refractivity contribution < 1.29 is 42.2 Å². The van der Waals surface area contributed by atoms with Gasteiger partial charge in [-0.1, -0.05) is 60.1 Å². The normalized spacial score (nSPS) is 15.6. The summed E-state index contributed by atoms with van der Waals surface area (Å²) in [7, 11) is 0. The van der Waals surface area contributed by atoms with Crippen LogP contribution in [0.15, 0.2) is 66.7 Å². The van der Waals surface area contributed by atoms with E-state index in [0.717, 1.165) is 41.2 Å². The van der Waals surface area contributed by atoms with E-state index in [1.165, 1.54) is 4.90 Å². The standard InChI is InChI=1S/C36H37ClF3N3O7/c37-30-8-2-1-7-26(30)22-42(27-13-14-27)35(44)29-23-41(36(45)49-19-3-4-21-50-43(46)47)18-17-28(29)25-11-9-24(10-12-25)6-5-20-48-34-32(39)16-15-31(38)33(34)40/h1-2,7-12,15-17,27,29H,3-6,13-14,18-23H2. The van der Waals surface area contributed by atoms with Gasteiger partial charge >= 0.3 is 6.09 Å². The number of halogens is 4. The van der Waals surface area contributed by atoms with Crippen LogP contribution in [0, 0.1) is 33.5 Å². The van der Waals surface area contributed by atoms with Crippen LogP contribution in [-0.4, -0.2) is 65.8 Å².